The molecule has 0 radical (unpaired) electrons. The zero-order valence-corrected chi connectivity index (χ0v) is 17.7. The largest absolute Gasteiger partial charge is 0.395 e. The Morgan fingerprint density at radius 3 is 1.74 bits per heavy atom. The first-order valence-corrected chi connectivity index (χ1v) is 14.2. The van der Waals surface area contributed by atoms with Crippen LogP contribution in [0.25, 0.3) is 0 Å². The van der Waals surface area contributed by atoms with E-state index in [1.165, 1.54) is 25.7 Å². The minimum Gasteiger partial charge on any atom is -0.395 e. The van der Waals surface area contributed by atoms with Crippen LogP contribution in [-0.4, -0.2) is 43.5 Å². The Labute approximate surface area is 144 Å². The smallest absolute Gasteiger partial charge is 0.343 e. The van der Waals surface area contributed by atoms with Gasteiger partial charge in [0, 0.05) is 37.6 Å². The highest BCUT2D eigenvalue weighted by Crippen LogP contribution is 2.57. The average molecular weight is 361 g/mol. The maximum atomic E-state index is 6.49. The first-order chi connectivity index (χ1) is 11.0. The van der Waals surface area contributed by atoms with Crippen LogP contribution in [0.2, 0.25) is 17.8 Å². The van der Waals surface area contributed by atoms with E-state index in [1.807, 2.05) is 0 Å². The molecule has 2 aliphatic rings. The van der Waals surface area contributed by atoms with Gasteiger partial charge in [-0.3, -0.25) is 0 Å². The molecule has 2 fully saturated rings. The number of rotatable bonds is 11. The molecule has 2 bridgehead atoms. The summed E-state index contributed by atoms with van der Waals surface area (Å²) in [5, 5.41) is 0. The van der Waals surface area contributed by atoms with Gasteiger partial charge in [-0.15, -0.1) is 0 Å². The molecule has 0 heterocycles. The molecule has 0 aliphatic heterocycles. The van der Waals surface area contributed by atoms with Crippen LogP contribution in [0.4, 0.5) is 0 Å². The van der Waals surface area contributed by atoms with Crippen molar-refractivity contribution >= 4 is 17.1 Å². The summed E-state index contributed by atoms with van der Waals surface area (Å²) in [6.07, 6.45) is 5.47. The van der Waals surface area contributed by atoms with Gasteiger partial charge in [-0.05, 0) is 58.9 Å². The second kappa shape index (κ2) is 8.58. The summed E-state index contributed by atoms with van der Waals surface area (Å²) >= 11 is 0. The third-order valence-electron chi connectivity index (χ3n) is 5.55. The van der Waals surface area contributed by atoms with Crippen LogP contribution in [0, 0.1) is 11.8 Å². The summed E-state index contributed by atoms with van der Waals surface area (Å²) < 4.78 is 25.3. The Kier molecular flexibility index (Phi) is 7.31. The lowest BCUT2D eigenvalue weighted by Gasteiger charge is -2.42. The second-order valence-electron chi connectivity index (χ2n) is 7.14. The summed E-state index contributed by atoms with van der Waals surface area (Å²) in [5.41, 5.74) is 1.55. The Morgan fingerprint density at radius 1 is 0.783 bits per heavy atom. The van der Waals surface area contributed by atoms with E-state index in [0.29, 0.717) is 18.8 Å². The minimum atomic E-state index is -2.31. The van der Waals surface area contributed by atoms with Crippen LogP contribution in [0.3, 0.4) is 0 Å². The van der Waals surface area contributed by atoms with Crippen LogP contribution >= 0.6 is 0 Å². The van der Waals surface area contributed by atoms with Crippen molar-refractivity contribution in [3.8, 4) is 0 Å². The topological polar surface area (TPSA) is 36.9 Å². The zero-order chi connectivity index (χ0) is 16.9. The van der Waals surface area contributed by atoms with Crippen molar-refractivity contribution in [3.05, 3.63) is 0 Å². The van der Waals surface area contributed by atoms with E-state index in [-0.39, 0.29) is 0 Å². The first kappa shape index (κ1) is 19.6. The molecule has 0 aromatic carbocycles. The molecule has 3 unspecified atom stereocenters. The Hall–Kier alpha value is 0.274. The highest BCUT2D eigenvalue weighted by Gasteiger charge is 2.59. The fourth-order valence-corrected chi connectivity index (χ4v) is 15.7. The molecule has 2 aliphatic carbocycles. The molecule has 6 heteroatoms. The van der Waals surface area contributed by atoms with E-state index < -0.39 is 17.1 Å². The molecule has 0 amide bonds. The summed E-state index contributed by atoms with van der Waals surface area (Å²) in [4.78, 5) is 0. The van der Waals surface area contributed by atoms with Gasteiger partial charge < -0.3 is 17.7 Å². The Balaban J connectivity index is 2.24. The van der Waals surface area contributed by atoms with Crippen molar-refractivity contribution in [1.29, 1.82) is 0 Å². The van der Waals surface area contributed by atoms with Crippen molar-refractivity contribution in [2.45, 2.75) is 71.1 Å². The predicted octanol–water partition coefficient (Wildman–Crippen LogP) is 4.38. The van der Waals surface area contributed by atoms with Gasteiger partial charge >= 0.3 is 17.1 Å². The number of hydrogen-bond donors (Lipinski definition) is 0. The van der Waals surface area contributed by atoms with E-state index in [0.717, 1.165) is 30.7 Å². The Morgan fingerprint density at radius 2 is 1.35 bits per heavy atom. The molecule has 0 spiro atoms. The molecule has 23 heavy (non-hydrogen) atoms. The van der Waals surface area contributed by atoms with Gasteiger partial charge in [0.15, 0.2) is 0 Å². The van der Waals surface area contributed by atoms with Gasteiger partial charge in [0.25, 0.3) is 0 Å². The SMILES string of the molecule is CCO[Si](C)(C[Si](OCC)(OCC)C1CC2CCC1C2)OCC. The van der Waals surface area contributed by atoms with Gasteiger partial charge in [0.2, 0.25) is 0 Å². The van der Waals surface area contributed by atoms with Crippen LogP contribution in [-0.2, 0) is 17.7 Å². The van der Waals surface area contributed by atoms with Gasteiger partial charge in [0.05, 0.1) is 0 Å². The van der Waals surface area contributed by atoms with E-state index in [9.17, 15) is 0 Å². The zero-order valence-electron chi connectivity index (χ0n) is 15.7. The summed E-state index contributed by atoms with van der Waals surface area (Å²) in [6, 6.07) is 0. The standard InChI is InChI=1S/C17H36O4Si2/c1-6-18-22(5,19-7-2)14-23(20-8-3,21-9-4)17-13-15-10-11-16(17)12-15/h15-17H,6-14H2,1-5H3. The quantitative estimate of drug-likeness (QED) is 0.513. The highest BCUT2D eigenvalue weighted by atomic mass is 28.4. The lowest BCUT2D eigenvalue weighted by Crippen LogP contribution is -2.57. The summed E-state index contributed by atoms with van der Waals surface area (Å²) in [7, 11) is -4.56. The second-order valence-corrected chi connectivity index (χ2v) is 14.3. The maximum Gasteiger partial charge on any atom is 0.343 e. The summed E-state index contributed by atoms with van der Waals surface area (Å²) in [6.45, 7) is 13.4. The number of hydrogen-bond acceptors (Lipinski definition) is 4. The first-order valence-electron chi connectivity index (χ1n) is 9.58. The van der Waals surface area contributed by atoms with Gasteiger partial charge in [-0.1, -0.05) is 12.8 Å². The van der Waals surface area contributed by atoms with Crippen molar-refractivity contribution in [2.24, 2.45) is 11.8 Å². The van der Waals surface area contributed by atoms with Crippen LogP contribution in [0.5, 0.6) is 0 Å². The van der Waals surface area contributed by atoms with E-state index in [2.05, 4.69) is 34.2 Å². The van der Waals surface area contributed by atoms with E-state index in [4.69, 9.17) is 17.7 Å². The molecule has 0 N–H and O–H groups in total. The molecular formula is C17H36O4Si2. The Bertz CT molecular complexity index is 355. The normalized spacial score (nSPS) is 27.8. The van der Waals surface area contributed by atoms with E-state index >= 15 is 0 Å². The predicted molar refractivity (Wildman–Crippen MR) is 97.9 cm³/mol. The third kappa shape index (κ3) is 4.47. The highest BCUT2D eigenvalue weighted by molar-refractivity contribution is 6.86. The third-order valence-corrected chi connectivity index (χ3v) is 15.3. The molecule has 0 saturated heterocycles. The average Bonchev–Trinajstić information content (AvgIpc) is 3.11. The molecule has 2 rings (SSSR count). The van der Waals surface area contributed by atoms with Gasteiger partial charge in [-0.25, -0.2) is 0 Å². The van der Waals surface area contributed by atoms with Crippen molar-refractivity contribution in [2.75, 3.05) is 26.4 Å². The lowest BCUT2D eigenvalue weighted by molar-refractivity contribution is 0.151. The molecular weight excluding hydrogens is 324 g/mol. The van der Waals surface area contributed by atoms with Crippen molar-refractivity contribution in [3.63, 3.8) is 0 Å². The van der Waals surface area contributed by atoms with Gasteiger partial charge in [0.1, 0.15) is 0 Å². The molecule has 2 saturated carbocycles. The molecule has 0 aromatic heterocycles. The molecule has 3 atom stereocenters. The number of fused-ring (bicyclic) bond motifs is 2. The maximum absolute atomic E-state index is 6.49. The van der Waals surface area contributed by atoms with Gasteiger partial charge in [-0.2, -0.15) is 0 Å². The van der Waals surface area contributed by atoms with Crippen LogP contribution in [0.15, 0.2) is 0 Å². The monoisotopic (exact) mass is 360 g/mol. The van der Waals surface area contributed by atoms with E-state index in [1.54, 1.807) is 0 Å². The minimum absolute atomic E-state index is 0.633. The van der Waals surface area contributed by atoms with Crippen LogP contribution < -0.4 is 0 Å². The molecule has 0 aromatic rings. The van der Waals surface area contributed by atoms with Crippen LogP contribution in [0.1, 0.15) is 53.4 Å². The lowest BCUT2D eigenvalue weighted by atomic mass is 10.0. The molecule has 136 valence electrons. The van der Waals surface area contributed by atoms with Crippen molar-refractivity contribution < 1.29 is 17.7 Å². The van der Waals surface area contributed by atoms with Crippen molar-refractivity contribution in [1.82, 2.24) is 0 Å². The molecule has 4 nitrogen and oxygen atoms in total. The fraction of sp³-hybridized carbons (Fsp3) is 1.00. The fourth-order valence-electron chi connectivity index (χ4n) is 4.96. The summed E-state index contributed by atoms with van der Waals surface area (Å²) in [5.74, 6) is 1.72.